The smallest absolute Gasteiger partial charge is 0.137 e. The molecule has 66 valence electrons. The molecule has 0 amide bonds. The Bertz CT molecular complexity index is 235. The van der Waals surface area contributed by atoms with Crippen LogP contribution in [-0.4, -0.2) is 5.78 Å². The van der Waals surface area contributed by atoms with E-state index in [0.717, 1.165) is 12.0 Å². The number of rotatable bonds is 1. The first-order valence-electron chi connectivity index (χ1n) is 4.42. The normalized spacial score (nSPS) is 24.7. The van der Waals surface area contributed by atoms with Gasteiger partial charge in [0, 0.05) is 12.8 Å². The number of carbonyl (C=O) groups is 1. The van der Waals surface area contributed by atoms with Crippen molar-refractivity contribution in [1.29, 1.82) is 0 Å². The highest BCUT2D eigenvalue weighted by Gasteiger charge is 2.16. The Kier molecular flexibility index (Phi) is 2.85. The molecule has 1 nitrogen and oxygen atoms in total. The van der Waals surface area contributed by atoms with Gasteiger partial charge >= 0.3 is 0 Å². The molecule has 0 heterocycles. The van der Waals surface area contributed by atoms with Crippen molar-refractivity contribution in [3.05, 3.63) is 23.8 Å². The van der Waals surface area contributed by atoms with Crippen molar-refractivity contribution < 1.29 is 4.79 Å². The first kappa shape index (κ1) is 9.24. The zero-order valence-corrected chi connectivity index (χ0v) is 7.89. The van der Waals surface area contributed by atoms with Gasteiger partial charge in [-0.05, 0) is 26.2 Å². The Morgan fingerprint density at radius 2 is 2.33 bits per heavy atom. The molecule has 0 aliphatic heterocycles. The lowest BCUT2D eigenvalue weighted by Crippen LogP contribution is -2.06. The molecule has 1 heteroatoms. The largest absolute Gasteiger partial charge is 0.299 e. The summed E-state index contributed by atoms with van der Waals surface area (Å²) in [5, 5.41) is 0. The molecule has 1 rings (SSSR count). The summed E-state index contributed by atoms with van der Waals surface area (Å²) in [5.74, 6) is 0.740. The zero-order chi connectivity index (χ0) is 9.14. The second-order valence-corrected chi connectivity index (χ2v) is 3.75. The predicted molar refractivity (Wildman–Crippen MR) is 50.9 cm³/mol. The third-order valence-corrected chi connectivity index (χ3v) is 2.40. The van der Waals surface area contributed by atoms with Crippen molar-refractivity contribution >= 4 is 5.78 Å². The van der Waals surface area contributed by atoms with Gasteiger partial charge in [0.2, 0.25) is 0 Å². The monoisotopic (exact) mass is 164 g/mol. The van der Waals surface area contributed by atoms with Crippen LogP contribution in [0.4, 0.5) is 0 Å². The van der Waals surface area contributed by atoms with E-state index in [2.05, 4.69) is 12.7 Å². The SMILES string of the molecule is C=C(C)[C@@H]1CC=C(C)CC(=O)C1. The summed E-state index contributed by atoms with van der Waals surface area (Å²) in [6.07, 6.45) is 4.49. The van der Waals surface area contributed by atoms with Gasteiger partial charge in [-0.25, -0.2) is 0 Å². The molecule has 0 aromatic carbocycles. The summed E-state index contributed by atoms with van der Waals surface area (Å²) in [6, 6.07) is 0. The molecule has 0 saturated carbocycles. The van der Waals surface area contributed by atoms with Gasteiger partial charge in [0.1, 0.15) is 5.78 Å². The quantitative estimate of drug-likeness (QED) is 0.545. The van der Waals surface area contributed by atoms with Gasteiger partial charge in [-0.3, -0.25) is 4.79 Å². The van der Waals surface area contributed by atoms with Gasteiger partial charge in [0.25, 0.3) is 0 Å². The van der Waals surface area contributed by atoms with Crippen molar-refractivity contribution in [2.24, 2.45) is 5.92 Å². The molecule has 1 aliphatic carbocycles. The van der Waals surface area contributed by atoms with E-state index in [1.165, 1.54) is 5.57 Å². The predicted octanol–water partition coefficient (Wildman–Crippen LogP) is 2.88. The van der Waals surface area contributed by atoms with E-state index >= 15 is 0 Å². The van der Waals surface area contributed by atoms with Crippen LogP contribution in [0, 0.1) is 5.92 Å². The van der Waals surface area contributed by atoms with E-state index in [4.69, 9.17) is 0 Å². The highest BCUT2D eigenvalue weighted by atomic mass is 16.1. The van der Waals surface area contributed by atoms with E-state index in [9.17, 15) is 4.79 Å². The molecule has 0 unspecified atom stereocenters. The second-order valence-electron chi connectivity index (χ2n) is 3.75. The first-order valence-corrected chi connectivity index (χ1v) is 4.42. The minimum atomic E-state index is 0.356. The fraction of sp³-hybridized carbons (Fsp3) is 0.545. The van der Waals surface area contributed by atoms with Crippen LogP contribution in [0.3, 0.4) is 0 Å². The third kappa shape index (κ3) is 2.33. The van der Waals surface area contributed by atoms with Crippen LogP contribution < -0.4 is 0 Å². The van der Waals surface area contributed by atoms with Crippen molar-refractivity contribution in [3.63, 3.8) is 0 Å². The Labute approximate surface area is 74.2 Å². The first-order chi connectivity index (χ1) is 5.59. The molecule has 1 aliphatic rings. The molecular weight excluding hydrogens is 148 g/mol. The summed E-state index contributed by atoms with van der Waals surface area (Å²) in [5.41, 5.74) is 2.35. The third-order valence-electron chi connectivity index (χ3n) is 2.40. The molecule has 0 spiro atoms. The molecule has 0 saturated heterocycles. The van der Waals surface area contributed by atoms with Gasteiger partial charge in [0.05, 0.1) is 0 Å². The van der Waals surface area contributed by atoms with Crippen LogP contribution in [0.1, 0.15) is 33.1 Å². The standard InChI is InChI=1S/C11H16O/c1-8(2)10-5-4-9(3)6-11(12)7-10/h4,10H,1,5-7H2,2-3H3/t10-/m1/s1. The zero-order valence-electron chi connectivity index (χ0n) is 7.89. The van der Waals surface area contributed by atoms with Gasteiger partial charge in [-0.1, -0.05) is 23.8 Å². The van der Waals surface area contributed by atoms with Crippen LogP contribution in [-0.2, 0) is 4.79 Å². The maximum Gasteiger partial charge on any atom is 0.137 e. The number of allylic oxidation sites excluding steroid dienone is 3. The maximum absolute atomic E-state index is 11.3. The van der Waals surface area contributed by atoms with Gasteiger partial charge < -0.3 is 0 Å². The van der Waals surface area contributed by atoms with Crippen LogP contribution in [0.15, 0.2) is 23.8 Å². The highest BCUT2D eigenvalue weighted by Crippen LogP contribution is 2.24. The molecule has 0 aromatic rings. The van der Waals surface area contributed by atoms with Crippen LogP contribution in [0.5, 0.6) is 0 Å². The topological polar surface area (TPSA) is 17.1 Å². The summed E-state index contributed by atoms with van der Waals surface area (Å²) in [4.78, 5) is 11.3. The second kappa shape index (κ2) is 3.70. The Morgan fingerprint density at radius 3 is 2.92 bits per heavy atom. The lowest BCUT2D eigenvalue weighted by Gasteiger charge is -2.10. The lowest BCUT2D eigenvalue weighted by molar-refractivity contribution is -0.118. The van der Waals surface area contributed by atoms with Crippen molar-refractivity contribution in [3.8, 4) is 0 Å². The average Bonchev–Trinajstić information content (AvgIpc) is 2.11. The molecule has 0 radical (unpaired) electrons. The van der Waals surface area contributed by atoms with E-state index in [1.54, 1.807) is 0 Å². The summed E-state index contributed by atoms with van der Waals surface area (Å²) >= 11 is 0. The van der Waals surface area contributed by atoms with Crippen LogP contribution >= 0.6 is 0 Å². The van der Waals surface area contributed by atoms with E-state index < -0.39 is 0 Å². The van der Waals surface area contributed by atoms with E-state index in [0.29, 0.717) is 24.5 Å². The molecular formula is C11H16O. The fourth-order valence-electron chi connectivity index (χ4n) is 1.53. The fourth-order valence-corrected chi connectivity index (χ4v) is 1.53. The number of hydrogen-bond acceptors (Lipinski definition) is 1. The summed E-state index contributed by atoms with van der Waals surface area (Å²) in [6.45, 7) is 7.93. The van der Waals surface area contributed by atoms with Crippen molar-refractivity contribution in [2.75, 3.05) is 0 Å². The number of carbonyl (C=O) groups excluding carboxylic acids is 1. The lowest BCUT2D eigenvalue weighted by atomic mass is 9.94. The number of ketones is 1. The Hall–Kier alpha value is -0.850. The summed E-state index contributed by atoms with van der Waals surface area (Å²) in [7, 11) is 0. The highest BCUT2D eigenvalue weighted by molar-refractivity contribution is 5.81. The van der Waals surface area contributed by atoms with E-state index in [1.807, 2.05) is 13.8 Å². The Balaban J connectivity index is 2.71. The molecule has 1 atom stereocenters. The van der Waals surface area contributed by atoms with E-state index in [-0.39, 0.29) is 0 Å². The van der Waals surface area contributed by atoms with Gasteiger partial charge in [-0.15, -0.1) is 0 Å². The number of Topliss-reactive ketones (excluding diaryl/α,β-unsaturated/α-hetero) is 1. The minimum absolute atomic E-state index is 0.356. The maximum atomic E-state index is 11.3. The number of hydrogen-bond donors (Lipinski definition) is 0. The molecule has 0 fully saturated rings. The average molecular weight is 164 g/mol. The summed E-state index contributed by atoms with van der Waals surface area (Å²) < 4.78 is 0. The molecule has 0 N–H and O–H groups in total. The van der Waals surface area contributed by atoms with Gasteiger partial charge in [-0.2, -0.15) is 0 Å². The molecule has 0 aromatic heterocycles. The van der Waals surface area contributed by atoms with Crippen molar-refractivity contribution in [2.45, 2.75) is 33.1 Å². The van der Waals surface area contributed by atoms with Crippen LogP contribution in [0.2, 0.25) is 0 Å². The molecule has 0 bridgehead atoms. The van der Waals surface area contributed by atoms with Crippen molar-refractivity contribution in [1.82, 2.24) is 0 Å². The minimum Gasteiger partial charge on any atom is -0.299 e. The Morgan fingerprint density at radius 1 is 1.67 bits per heavy atom. The van der Waals surface area contributed by atoms with Gasteiger partial charge in [0.15, 0.2) is 0 Å². The van der Waals surface area contributed by atoms with Crippen LogP contribution in [0.25, 0.3) is 0 Å². The molecule has 12 heavy (non-hydrogen) atoms.